The molecule has 11 rings (SSSR count). The van der Waals surface area contributed by atoms with E-state index in [1.165, 1.54) is 0 Å². The van der Waals surface area contributed by atoms with E-state index in [9.17, 15) is 24.0 Å². The number of ether oxygens (including phenoxy) is 2. The second-order valence-corrected chi connectivity index (χ2v) is 22.7. The maximum Gasteiger partial charge on any atom is 0.318 e. The van der Waals surface area contributed by atoms with Gasteiger partial charge in [-0.1, -0.05) is 111 Å². The molecule has 0 unspecified atom stereocenters. The second kappa shape index (κ2) is 22.6. The smallest absolute Gasteiger partial charge is 0.318 e. The molecule has 0 radical (unpaired) electrons. The first-order valence-corrected chi connectivity index (χ1v) is 28.3. The molecule has 0 spiro atoms. The van der Waals surface area contributed by atoms with Crippen molar-refractivity contribution in [3.8, 4) is 0 Å². The van der Waals surface area contributed by atoms with Crippen molar-refractivity contribution >= 4 is 45.7 Å². The molecule has 5 aliphatic rings. The fraction of sp³-hybridized carbons (Fsp3) is 0.484. The number of fused-ring (bicyclic) bond motifs is 2. The number of benzene rings is 4. The summed E-state index contributed by atoms with van der Waals surface area (Å²) in [5.41, 5.74) is 4.37. The van der Waals surface area contributed by atoms with Crippen LogP contribution in [0.4, 0.5) is 4.79 Å². The van der Waals surface area contributed by atoms with Crippen LogP contribution in [0.3, 0.4) is 0 Å². The summed E-state index contributed by atoms with van der Waals surface area (Å²) >= 11 is 0. The Kier molecular flexibility index (Phi) is 15.3. The lowest BCUT2D eigenvalue weighted by atomic mass is 9.79. The van der Waals surface area contributed by atoms with Crippen LogP contribution >= 0.6 is 0 Å². The number of pyridine rings is 1. The highest BCUT2D eigenvalue weighted by atomic mass is 16.5. The molecule has 6 aromatic rings. The largest absolute Gasteiger partial charge is 0.443 e. The van der Waals surface area contributed by atoms with Crippen LogP contribution in [0.1, 0.15) is 111 Å². The molecule has 0 bridgehead atoms. The molecule has 3 aliphatic heterocycles. The minimum atomic E-state index is -0.829. The van der Waals surface area contributed by atoms with Crippen molar-refractivity contribution in [2.45, 2.75) is 133 Å². The summed E-state index contributed by atoms with van der Waals surface area (Å²) in [6.07, 6.45) is 12.2. The molecule has 5 heterocycles. The summed E-state index contributed by atoms with van der Waals surface area (Å²) in [5.74, 6) is -0.757. The lowest BCUT2D eigenvalue weighted by Gasteiger charge is -2.43. The number of nitrogens with zero attached hydrogens (tertiary/aromatic N) is 7. The highest BCUT2D eigenvalue weighted by Gasteiger charge is 2.46. The molecule has 15 nitrogen and oxygen atoms in total. The fourth-order valence-corrected chi connectivity index (χ4v) is 13.7. The molecule has 2 saturated carbocycles. The van der Waals surface area contributed by atoms with Crippen molar-refractivity contribution in [3.05, 3.63) is 147 Å². The monoisotopic (exact) mass is 1040 g/mol. The Morgan fingerprint density at radius 3 is 1.87 bits per heavy atom. The number of piperazine rings is 1. The van der Waals surface area contributed by atoms with E-state index in [1.807, 2.05) is 115 Å². The van der Waals surface area contributed by atoms with Gasteiger partial charge in [0.15, 0.2) is 13.5 Å². The molecule has 1 N–H and O–H groups in total. The van der Waals surface area contributed by atoms with Crippen molar-refractivity contribution in [2.75, 3.05) is 59.4 Å². The topological polar surface area (TPSA) is 152 Å². The van der Waals surface area contributed by atoms with Crippen LogP contribution in [0.5, 0.6) is 0 Å². The third-order valence-corrected chi connectivity index (χ3v) is 18.1. The average molecular weight is 1040 g/mol. The molecule has 3 amide bonds. The minimum Gasteiger partial charge on any atom is -0.443 e. The summed E-state index contributed by atoms with van der Waals surface area (Å²) in [6.45, 7) is 7.51. The lowest BCUT2D eigenvalue weighted by molar-refractivity contribution is -0.155. The van der Waals surface area contributed by atoms with Gasteiger partial charge in [-0.05, 0) is 130 Å². The summed E-state index contributed by atoms with van der Waals surface area (Å²) in [7, 11) is 2.17. The second-order valence-electron chi connectivity index (χ2n) is 22.7. The van der Waals surface area contributed by atoms with E-state index in [0.29, 0.717) is 69.0 Å². The number of piperidine rings is 2. The number of likely N-dealkylation sites (tertiary alicyclic amines) is 2. The van der Waals surface area contributed by atoms with Crippen molar-refractivity contribution in [3.63, 3.8) is 0 Å². The number of urea groups is 1. The van der Waals surface area contributed by atoms with Crippen molar-refractivity contribution in [1.82, 2.24) is 39.3 Å². The van der Waals surface area contributed by atoms with Crippen LogP contribution in [-0.2, 0) is 54.6 Å². The maximum absolute atomic E-state index is 14.8. The van der Waals surface area contributed by atoms with Crippen LogP contribution < -0.4 is 10.9 Å². The van der Waals surface area contributed by atoms with Crippen LogP contribution in [0.2, 0.25) is 0 Å². The minimum absolute atomic E-state index is 0.0172. The van der Waals surface area contributed by atoms with E-state index >= 15 is 0 Å². The molecule has 4 aromatic carbocycles. The van der Waals surface area contributed by atoms with E-state index in [0.717, 1.165) is 116 Å². The fourth-order valence-electron chi connectivity index (χ4n) is 13.7. The third-order valence-electron chi connectivity index (χ3n) is 18.1. The quantitative estimate of drug-likeness (QED) is 0.105. The molecule has 2 aliphatic carbocycles. The number of carbonyl (C=O) groups excluding carboxylic acids is 4. The number of aromatic nitrogens is 3. The number of carbonyl (C=O) groups is 4. The predicted octanol–water partition coefficient (Wildman–Crippen LogP) is 8.42. The van der Waals surface area contributed by atoms with Gasteiger partial charge in [0.05, 0.1) is 28.1 Å². The van der Waals surface area contributed by atoms with Gasteiger partial charge in [-0.2, -0.15) is 5.10 Å². The predicted molar refractivity (Wildman–Crippen MR) is 296 cm³/mol. The number of para-hydroxylation sites is 1. The SMILES string of the molecule is Cc1cc(C[C@@H](NC(=O)N2CCC(c3cc4ccccc4n(COC(=O)C4(c5ccccc5)CCCC4)c3=O)CC2)C(=O)N2CCN(C3CCN(C)CC3)CC2)cc2cnn(COC(=O)C3(c4ccccc4)CCCC3)c12. The van der Waals surface area contributed by atoms with E-state index in [4.69, 9.17) is 9.47 Å². The number of aryl methyl sites for hydroxylation is 1. The molecule has 3 saturated heterocycles. The molecule has 5 fully saturated rings. The van der Waals surface area contributed by atoms with E-state index in [2.05, 4.69) is 27.3 Å². The van der Waals surface area contributed by atoms with Crippen LogP contribution in [0.15, 0.2) is 114 Å². The van der Waals surface area contributed by atoms with Gasteiger partial charge in [-0.3, -0.25) is 28.6 Å². The van der Waals surface area contributed by atoms with Crippen molar-refractivity contribution < 1.29 is 28.7 Å². The standard InChI is InChI=1S/C62H74N8O7/c1-44-37-45(38-48-41-63-70(55(44)48)43-77-59(74)62(27-13-14-28-62)50-18-7-4-8-19-50)39-53(57(72)67-35-33-66(34-36-67)51-23-29-65(2)30-24-51)64-60(75)68-31-21-46(22-32-68)52-40-47-15-9-10-20-54(47)69(56(52)71)42-76-58(73)61(25-11-12-26-61)49-16-5-3-6-17-49/h3-10,15-20,37-38,40-41,46,51,53H,11-14,21-36,39,42-43H2,1-2H3,(H,64,75)/t53-/m1/s1. The number of nitrogens with one attached hydrogen (secondary N) is 1. The van der Waals surface area contributed by atoms with Gasteiger partial charge in [-0.15, -0.1) is 0 Å². The van der Waals surface area contributed by atoms with Crippen molar-refractivity contribution in [1.29, 1.82) is 0 Å². The maximum atomic E-state index is 14.8. The molecule has 15 heteroatoms. The van der Waals surface area contributed by atoms with Crippen molar-refractivity contribution in [2.24, 2.45) is 0 Å². The lowest BCUT2D eigenvalue weighted by Crippen LogP contribution is -2.59. The molecule has 1 atom stereocenters. The molecule has 77 heavy (non-hydrogen) atoms. The number of amides is 3. The van der Waals surface area contributed by atoms with Crippen LogP contribution in [-0.4, -0.2) is 129 Å². The van der Waals surface area contributed by atoms with Crippen LogP contribution in [0, 0.1) is 6.92 Å². The number of rotatable bonds is 14. The average Bonchev–Trinajstić information content (AvgIpc) is 4.29. The summed E-state index contributed by atoms with van der Waals surface area (Å²) in [5, 5.41) is 9.62. The number of esters is 2. The van der Waals surface area contributed by atoms with Crippen LogP contribution in [0.25, 0.3) is 21.8 Å². The Morgan fingerprint density at radius 1 is 0.662 bits per heavy atom. The van der Waals surface area contributed by atoms with E-state index in [-0.39, 0.29) is 55.2 Å². The molecule has 404 valence electrons. The Balaban J connectivity index is 0.783. The number of hydrogen-bond acceptors (Lipinski definition) is 10. The number of hydrogen-bond donors (Lipinski definition) is 1. The highest BCUT2D eigenvalue weighted by Crippen LogP contribution is 2.44. The first-order chi connectivity index (χ1) is 37.5. The Morgan fingerprint density at radius 2 is 1.25 bits per heavy atom. The molecular formula is C62H74N8O7. The highest BCUT2D eigenvalue weighted by molar-refractivity contribution is 5.89. The Hall–Kier alpha value is -6.84. The summed E-state index contributed by atoms with van der Waals surface area (Å²) in [4.78, 5) is 80.3. The normalized spacial score (nSPS) is 19.9. The first-order valence-electron chi connectivity index (χ1n) is 28.3. The third kappa shape index (κ3) is 10.6. The van der Waals surface area contributed by atoms with Gasteiger partial charge >= 0.3 is 18.0 Å². The molecular weight excluding hydrogens is 969 g/mol. The van der Waals surface area contributed by atoms with E-state index in [1.54, 1.807) is 20.3 Å². The zero-order valence-electron chi connectivity index (χ0n) is 44.9. The summed E-state index contributed by atoms with van der Waals surface area (Å²) in [6, 6.07) is 32.9. The van der Waals surface area contributed by atoms with Gasteiger partial charge in [0.2, 0.25) is 5.91 Å². The Bertz CT molecular complexity index is 3140. The van der Waals surface area contributed by atoms with Gasteiger partial charge in [0.1, 0.15) is 6.04 Å². The molecule has 2 aromatic heterocycles. The van der Waals surface area contributed by atoms with Gasteiger partial charge < -0.3 is 29.5 Å². The summed E-state index contributed by atoms with van der Waals surface area (Å²) < 4.78 is 15.5. The zero-order chi connectivity index (χ0) is 53.1. The van der Waals surface area contributed by atoms with Gasteiger partial charge in [0.25, 0.3) is 5.56 Å². The first kappa shape index (κ1) is 52.2. The van der Waals surface area contributed by atoms with E-state index < -0.39 is 16.9 Å². The zero-order valence-corrected chi connectivity index (χ0v) is 44.9. The van der Waals surface area contributed by atoms with Gasteiger partial charge in [-0.25, -0.2) is 9.48 Å². The Labute approximate surface area is 451 Å². The van der Waals surface area contributed by atoms with Gasteiger partial charge in [0, 0.05) is 62.7 Å².